The van der Waals surface area contributed by atoms with Crippen LogP contribution in [-0.4, -0.2) is 10.8 Å². The van der Waals surface area contributed by atoms with E-state index in [4.69, 9.17) is 0 Å². The molecule has 0 aromatic carbocycles. The standard InChI is InChI=1S/C8H8INO/c1-5-3-7(9)4-10-8(5)6(2)11/h3-4H,1-2H3. The van der Waals surface area contributed by atoms with Crippen molar-refractivity contribution < 1.29 is 4.79 Å². The summed E-state index contributed by atoms with van der Waals surface area (Å²) in [6.45, 7) is 3.42. The molecule has 0 unspecified atom stereocenters. The molecular weight excluding hydrogens is 253 g/mol. The van der Waals surface area contributed by atoms with E-state index in [0.717, 1.165) is 9.13 Å². The highest BCUT2D eigenvalue weighted by Gasteiger charge is 2.04. The summed E-state index contributed by atoms with van der Waals surface area (Å²) in [5.41, 5.74) is 1.52. The maximum absolute atomic E-state index is 10.9. The van der Waals surface area contributed by atoms with Gasteiger partial charge in [-0.3, -0.25) is 9.78 Å². The van der Waals surface area contributed by atoms with Gasteiger partial charge in [-0.15, -0.1) is 0 Å². The van der Waals surface area contributed by atoms with E-state index < -0.39 is 0 Å². The average molecular weight is 261 g/mol. The summed E-state index contributed by atoms with van der Waals surface area (Å²) in [5, 5.41) is 0. The number of carbonyl (C=O) groups is 1. The molecule has 0 saturated heterocycles. The fraction of sp³-hybridized carbons (Fsp3) is 0.250. The first-order valence-electron chi connectivity index (χ1n) is 3.24. The van der Waals surface area contributed by atoms with E-state index in [2.05, 4.69) is 27.6 Å². The molecule has 0 radical (unpaired) electrons. The van der Waals surface area contributed by atoms with Crippen molar-refractivity contribution in [2.45, 2.75) is 13.8 Å². The van der Waals surface area contributed by atoms with Crippen molar-refractivity contribution in [3.8, 4) is 0 Å². The molecule has 58 valence electrons. The molecule has 0 atom stereocenters. The van der Waals surface area contributed by atoms with Gasteiger partial charge in [-0.05, 0) is 41.1 Å². The third-order valence-corrected chi connectivity index (χ3v) is 1.97. The van der Waals surface area contributed by atoms with Gasteiger partial charge in [0.2, 0.25) is 0 Å². The van der Waals surface area contributed by atoms with Crippen LogP contribution < -0.4 is 0 Å². The van der Waals surface area contributed by atoms with Crippen molar-refractivity contribution in [2.24, 2.45) is 0 Å². The molecule has 1 aromatic heterocycles. The Morgan fingerprint density at radius 1 is 1.64 bits per heavy atom. The fourth-order valence-corrected chi connectivity index (χ4v) is 1.52. The summed E-state index contributed by atoms with van der Waals surface area (Å²) in [7, 11) is 0. The number of aryl methyl sites for hydroxylation is 1. The maximum Gasteiger partial charge on any atom is 0.178 e. The van der Waals surface area contributed by atoms with E-state index >= 15 is 0 Å². The minimum atomic E-state index is 0.0268. The zero-order chi connectivity index (χ0) is 8.43. The van der Waals surface area contributed by atoms with Crippen molar-refractivity contribution in [2.75, 3.05) is 0 Å². The molecule has 3 heteroatoms. The van der Waals surface area contributed by atoms with E-state index in [-0.39, 0.29) is 5.78 Å². The van der Waals surface area contributed by atoms with Crippen LogP contribution in [-0.2, 0) is 0 Å². The SMILES string of the molecule is CC(=O)c1ncc(I)cc1C. The lowest BCUT2D eigenvalue weighted by Crippen LogP contribution is -1.99. The zero-order valence-corrected chi connectivity index (χ0v) is 8.55. The van der Waals surface area contributed by atoms with Gasteiger partial charge >= 0.3 is 0 Å². The number of carbonyl (C=O) groups excluding carboxylic acids is 1. The molecule has 1 aromatic rings. The van der Waals surface area contributed by atoms with Gasteiger partial charge in [-0.1, -0.05) is 0 Å². The van der Waals surface area contributed by atoms with E-state index in [1.54, 1.807) is 6.20 Å². The Morgan fingerprint density at radius 3 is 2.73 bits per heavy atom. The Kier molecular flexibility index (Phi) is 2.59. The van der Waals surface area contributed by atoms with Crippen LogP contribution in [0.15, 0.2) is 12.3 Å². The second kappa shape index (κ2) is 3.30. The van der Waals surface area contributed by atoms with Crippen LogP contribution in [0.25, 0.3) is 0 Å². The topological polar surface area (TPSA) is 30.0 Å². The highest BCUT2D eigenvalue weighted by Crippen LogP contribution is 2.09. The Bertz CT molecular complexity index is 296. The first-order valence-corrected chi connectivity index (χ1v) is 4.32. The van der Waals surface area contributed by atoms with Crippen molar-refractivity contribution in [1.82, 2.24) is 4.98 Å². The number of halogens is 1. The summed E-state index contributed by atoms with van der Waals surface area (Å²) in [5.74, 6) is 0.0268. The number of ketones is 1. The van der Waals surface area contributed by atoms with Crippen molar-refractivity contribution in [3.05, 3.63) is 27.1 Å². The van der Waals surface area contributed by atoms with Gasteiger partial charge in [-0.2, -0.15) is 0 Å². The Morgan fingerprint density at radius 2 is 2.27 bits per heavy atom. The number of nitrogens with zero attached hydrogens (tertiary/aromatic N) is 1. The molecule has 0 bridgehead atoms. The lowest BCUT2D eigenvalue weighted by molar-refractivity contribution is 0.101. The second-order valence-corrected chi connectivity index (χ2v) is 3.62. The molecule has 0 aliphatic heterocycles. The van der Waals surface area contributed by atoms with Gasteiger partial charge in [0.15, 0.2) is 5.78 Å². The molecule has 2 nitrogen and oxygen atoms in total. The molecule has 11 heavy (non-hydrogen) atoms. The Hall–Kier alpha value is -0.450. The number of rotatable bonds is 1. The zero-order valence-electron chi connectivity index (χ0n) is 6.39. The predicted molar refractivity (Wildman–Crippen MR) is 51.7 cm³/mol. The maximum atomic E-state index is 10.9. The Labute approximate surface area is 79.2 Å². The summed E-state index contributed by atoms with van der Waals surface area (Å²) in [6, 6.07) is 1.95. The van der Waals surface area contributed by atoms with E-state index in [9.17, 15) is 4.79 Å². The molecule has 0 spiro atoms. The smallest absolute Gasteiger partial charge is 0.178 e. The normalized spacial score (nSPS) is 9.73. The minimum absolute atomic E-state index is 0.0268. The largest absolute Gasteiger partial charge is 0.293 e. The first-order chi connectivity index (χ1) is 5.11. The monoisotopic (exact) mass is 261 g/mol. The van der Waals surface area contributed by atoms with Crippen molar-refractivity contribution in [1.29, 1.82) is 0 Å². The van der Waals surface area contributed by atoms with Crippen LogP contribution in [0, 0.1) is 10.5 Å². The summed E-state index contributed by atoms with van der Waals surface area (Å²) < 4.78 is 1.06. The first kappa shape index (κ1) is 8.64. The van der Waals surface area contributed by atoms with Crippen LogP contribution in [0.1, 0.15) is 23.0 Å². The van der Waals surface area contributed by atoms with Crippen LogP contribution in [0.2, 0.25) is 0 Å². The van der Waals surface area contributed by atoms with Crippen molar-refractivity contribution >= 4 is 28.4 Å². The van der Waals surface area contributed by atoms with Gasteiger partial charge in [0, 0.05) is 16.7 Å². The number of Topliss-reactive ketones (excluding diaryl/α,β-unsaturated/α-hetero) is 1. The van der Waals surface area contributed by atoms with Gasteiger partial charge in [0.1, 0.15) is 5.69 Å². The van der Waals surface area contributed by atoms with E-state index in [0.29, 0.717) is 5.69 Å². The third kappa shape index (κ3) is 1.99. The number of pyridine rings is 1. The molecule has 0 fully saturated rings. The minimum Gasteiger partial charge on any atom is -0.293 e. The molecule has 0 saturated carbocycles. The van der Waals surface area contributed by atoms with Crippen molar-refractivity contribution in [3.63, 3.8) is 0 Å². The van der Waals surface area contributed by atoms with Gasteiger partial charge in [0.25, 0.3) is 0 Å². The predicted octanol–water partition coefficient (Wildman–Crippen LogP) is 2.20. The molecule has 0 amide bonds. The summed E-state index contributed by atoms with van der Waals surface area (Å²) >= 11 is 2.17. The fourth-order valence-electron chi connectivity index (χ4n) is 0.909. The molecule has 1 heterocycles. The number of aromatic nitrogens is 1. The summed E-state index contributed by atoms with van der Waals surface area (Å²) in [4.78, 5) is 14.9. The van der Waals surface area contributed by atoms with Gasteiger partial charge in [-0.25, -0.2) is 0 Å². The lowest BCUT2D eigenvalue weighted by atomic mass is 10.2. The van der Waals surface area contributed by atoms with Gasteiger partial charge < -0.3 is 0 Å². The Balaban J connectivity index is 3.20. The van der Waals surface area contributed by atoms with E-state index in [1.165, 1.54) is 6.92 Å². The molecule has 0 aliphatic carbocycles. The molecule has 0 N–H and O–H groups in total. The molecular formula is C8H8INO. The van der Waals surface area contributed by atoms with Crippen LogP contribution in [0.4, 0.5) is 0 Å². The van der Waals surface area contributed by atoms with Crippen LogP contribution in [0.3, 0.4) is 0 Å². The van der Waals surface area contributed by atoms with Crippen LogP contribution in [0.5, 0.6) is 0 Å². The third-order valence-electron chi connectivity index (χ3n) is 1.38. The average Bonchev–Trinajstić information content (AvgIpc) is 1.85. The molecule has 1 rings (SSSR count). The highest BCUT2D eigenvalue weighted by atomic mass is 127. The number of hydrogen-bond donors (Lipinski definition) is 0. The molecule has 0 aliphatic rings. The van der Waals surface area contributed by atoms with E-state index in [1.807, 2.05) is 13.0 Å². The summed E-state index contributed by atoms with van der Waals surface area (Å²) in [6.07, 6.45) is 1.70. The van der Waals surface area contributed by atoms with Crippen LogP contribution >= 0.6 is 22.6 Å². The van der Waals surface area contributed by atoms with Gasteiger partial charge in [0.05, 0.1) is 0 Å². The highest BCUT2D eigenvalue weighted by molar-refractivity contribution is 14.1. The lowest BCUT2D eigenvalue weighted by Gasteiger charge is -1.99. The quantitative estimate of drug-likeness (QED) is 0.573. The number of hydrogen-bond acceptors (Lipinski definition) is 2. The second-order valence-electron chi connectivity index (χ2n) is 2.38.